The van der Waals surface area contributed by atoms with Gasteiger partial charge in [0, 0.05) is 6.04 Å². The van der Waals surface area contributed by atoms with Crippen LogP contribution < -0.4 is 16.2 Å². The second-order valence-corrected chi connectivity index (χ2v) is 8.24. The van der Waals surface area contributed by atoms with Gasteiger partial charge in [-0.3, -0.25) is 9.59 Å². The number of nitrogens with zero attached hydrogens (tertiary/aromatic N) is 2. The molecule has 2 amide bonds. The number of benzene rings is 2. The summed E-state index contributed by atoms with van der Waals surface area (Å²) in [5.74, 6) is 5.12. The van der Waals surface area contributed by atoms with Crippen molar-refractivity contribution < 1.29 is 22.8 Å². The van der Waals surface area contributed by atoms with Gasteiger partial charge in [-0.2, -0.15) is 13.2 Å². The Bertz CT molecular complexity index is 1200. The highest BCUT2D eigenvalue weighted by Crippen LogP contribution is 2.33. The summed E-state index contributed by atoms with van der Waals surface area (Å²) in [4.78, 5) is 33.4. The van der Waals surface area contributed by atoms with Gasteiger partial charge in [-0.05, 0) is 44.0 Å². The predicted molar refractivity (Wildman–Crippen MR) is 118 cm³/mol. The predicted octanol–water partition coefficient (Wildman–Crippen LogP) is 4.47. The topological polar surface area (TPSA) is 104 Å². The lowest BCUT2D eigenvalue weighted by Gasteiger charge is -2.23. The summed E-state index contributed by atoms with van der Waals surface area (Å²) >= 11 is 0. The van der Waals surface area contributed by atoms with Crippen molar-refractivity contribution >= 4 is 28.5 Å². The molecular weight excluding hydrogens is 435 g/mol. The summed E-state index contributed by atoms with van der Waals surface area (Å²) in [5, 5.41) is 3.63. The lowest BCUT2D eigenvalue weighted by atomic mass is 9.95. The first-order valence-corrected chi connectivity index (χ1v) is 10.7. The molecule has 1 aromatic heterocycles. The lowest BCUT2D eigenvalue weighted by molar-refractivity contribution is -0.137. The van der Waals surface area contributed by atoms with E-state index >= 15 is 0 Å². The van der Waals surface area contributed by atoms with Crippen molar-refractivity contribution in [3.05, 3.63) is 58.9 Å². The molecule has 0 unspecified atom stereocenters. The van der Waals surface area contributed by atoms with E-state index < -0.39 is 23.2 Å². The highest BCUT2D eigenvalue weighted by atomic mass is 19.4. The maximum absolute atomic E-state index is 13.4. The zero-order chi connectivity index (χ0) is 23.8. The second-order valence-electron chi connectivity index (χ2n) is 8.24. The fourth-order valence-electron chi connectivity index (χ4n) is 4.21. The van der Waals surface area contributed by atoms with E-state index in [2.05, 4.69) is 15.3 Å². The summed E-state index contributed by atoms with van der Waals surface area (Å²) in [6, 6.07) is 7.34. The first-order chi connectivity index (χ1) is 15.6. The van der Waals surface area contributed by atoms with Crippen LogP contribution in [0.4, 0.5) is 18.9 Å². The largest absolute Gasteiger partial charge is 0.417 e. The second kappa shape index (κ2) is 8.86. The lowest BCUT2D eigenvalue weighted by Crippen LogP contribution is -2.39. The Morgan fingerprint density at radius 1 is 1.12 bits per heavy atom. The molecule has 0 aliphatic heterocycles. The van der Waals surface area contributed by atoms with Crippen molar-refractivity contribution in [1.29, 1.82) is 0 Å². The van der Waals surface area contributed by atoms with Crippen LogP contribution in [0.3, 0.4) is 0 Å². The number of fused-ring (bicyclic) bond motifs is 1. The fourth-order valence-corrected chi connectivity index (χ4v) is 4.21. The molecule has 3 aromatic rings. The van der Waals surface area contributed by atoms with Crippen LogP contribution in [0.2, 0.25) is 0 Å². The number of aryl methyl sites for hydroxylation is 1. The molecule has 1 fully saturated rings. The third-order valence-corrected chi connectivity index (χ3v) is 5.83. The van der Waals surface area contributed by atoms with Gasteiger partial charge in [0.25, 0.3) is 11.8 Å². The van der Waals surface area contributed by atoms with Gasteiger partial charge in [-0.15, -0.1) is 0 Å². The third kappa shape index (κ3) is 4.70. The number of aromatic amines is 1. The molecule has 1 heterocycles. The number of carbonyl (C=O) groups is 2. The molecule has 4 rings (SSSR count). The minimum Gasteiger partial charge on any atom is -0.349 e. The summed E-state index contributed by atoms with van der Waals surface area (Å²) in [6.07, 6.45) is 0.238. The van der Waals surface area contributed by atoms with Gasteiger partial charge < -0.3 is 10.3 Å². The van der Waals surface area contributed by atoms with E-state index in [4.69, 9.17) is 5.84 Å². The highest BCUT2D eigenvalue weighted by Gasteiger charge is 2.36. The summed E-state index contributed by atoms with van der Waals surface area (Å²) in [7, 11) is 0. The Morgan fingerprint density at radius 2 is 1.82 bits per heavy atom. The van der Waals surface area contributed by atoms with Gasteiger partial charge in [0.1, 0.15) is 11.3 Å². The highest BCUT2D eigenvalue weighted by molar-refractivity contribution is 6.10. The van der Waals surface area contributed by atoms with E-state index in [1.807, 2.05) is 0 Å². The molecule has 2 aromatic carbocycles. The molecule has 4 N–H and O–H groups in total. The van der Waals surface area contributed by atoms with E-state index in [1.165, 1.54) is 24.3 Å². The van der Waals surface area contributed by atoms with Gasteiger partial charge in [-0.1, -0.05) is 31.4 Å². The van der Waals surface area contributed by atoms with E-state index in [0.29, 0.717) is 21.9 Å². The van der Waals surface area contributed by atoms with Gasteiger partial charge in [0.2, 0.25) is 0 Å². The van der Waals surface area contributed by atoms with E-state index in [0.717, 1.165) is 44.2 Å². The number of nitrogens with two attached hydrogens (primary N) is 1. The monoisotopic (exact) mass is 459 g/mol. The Kier molecular flexibility index (Phi) is 6.11. The maximum atomic E-state index is 13.4. The van der Waals surface area contributed by atoms with E-state index in [-0.39, 0.29) is 23.2 Å². The van der Waals surface area contributed by atoms with Crippen molar-refractivity contribution in [2.75, 3.05) is 5.01 Å². The molecule has 0 bridgehead atoms. The Morgan fingerprint density at radius 3 is 2.52 bits per heavy atom. The van der Waals surface area contributed by atoms with Gasteiger partial charge in [0.15, 0.2) is 0 Å². The van der Waals surface area contributed by atoms with E-state index in [1.54, 1.807) is 6.92 Å². The van der Waals surface area contributed by atoms with Gasteiger partial charge in [0.05, 0.1) is 27.9 Å². The first-order valence-electron chi connectivity index (χ1n) is 10.7. The molecule has 0 atom stereocenters. The molecule has 10 heteroatoms. The number of hydrogen-bond acceptors (Lipinski definition) is 4. The van der Waals surface area contributed by atoms with Crippen LogP contribution in [0, 0.1) is 6.92 Å². The first kappa shape index (κ1) is 22.8. The minimum atomic E-state index is -4.72. The molecule has 0 radical (unpaired) electrons. The molecule has 33 heavy (non-hydrogen) atoms. The van der Waals surface area contributed by atoms with Crippen LogP contribution in [0.15, 0.2) is 36.4 Å². The average molecular weight is 459 g/mol. The number of carbonyl (C=O) groups excluding carboxylic acids is 2. The number of amides is 2. The zero-order valence-corrected chi connectivity index (χ0v) is 18.0. The fraction of sp³-hybridized carbons (Fsp3) is 0.348. The number of imidazole rings is 1. The van der Waals surface area contributed by atoms with Crippen LogP contribution >= 0.6 is 0 Å². The summed E-state index contributed by atoms with van der Waals surface area (Å²) < 4.78 is 40.2. The molecule has 0 saturated heterocycles. The van der Waals surface area contributed by atoms with Crippen molar-refractivity contribution in [3.63, 3.8) is 0 Å². The molecule has 1 saturated carbocycles. The number of hydrogen-bond donors (Lipinski definition) is 3. The Balaban J connectivity index is 1.71. The molecule has 0 spiro atoms. The zero-order valence-electron chi connectivity index (χ0n) is 18.0. The number of halogens is 3. The summed E-state index contributed by atoms with van der Waals surface area (Å²) in [6.45, 7) is 1.72. The molecular formula is C23H24F3N5O2. The molecule has 174 valence electrons. The average Bonchev–Trinajstić information content (AvgIpc) is 3.17. The van der Waals surface area contributed by atoms with E-state index in [9.17, 15) is 22.8 Å². The number of H-pyrrole nitrogens is 1. The van der Waals surface area contributed by atoms with Crippen LogP contribution in [-0.2, 0) is 6.18 Å². The number of nitrogens with one attached hydrogen (secondary N) is 2. The molecule has 1 aliphatic rings. The van der Waals surface area contributed by atoms with Crippen molar-refractivity contribution in [1.82, 2.24) is 15.3 Å². The maximum Gasteiger partial charge on any atom is 0.417 e. The number of alkyl halides is 3. The molecule has 7 nitrogen and oxygen atoms in total. The number of rotatable bonds is 4. The molecule has 1 aliphatic carbocycles. The summed E-state index contributed by atoms with van der Waals surface area (Å²) in [5.41, 5.74) is -0.542. The van der Waals surface area contributed by atoms with Crippen molar-refractivity contribution in [2.24, 2.45) is 5.84 Å². The smallest absolute Gasteiger partial charge is 0.349 e. The number of hydrazine groups is 1. The standard InChI is InChI=1S/C23H24F3N5O2/c1-13-28-19-12-15(31(27)22(33)16-9-5-6-10-18(16)23(24,25)26)11-17(20(19)29-13)21(32)30-14-7-3-2-4-8-14/h5-6,9-12,14H,2-4,7-8,27H2,1H3,(H,28,29)(H,30,32). The SMILES string of the molecule is Cc1nc2c(C(=O)NC3CCCCC3)cc(N(N)C(=O)c3ccccc3C(F)(F)F)cc2[nH]1. The number of aromatic nitrogens is 2. The number of anilines is 1. The quantitative estimate of drug-likeness (QED) is 0.304. The Labute approximate surface area is 188 Å². The minimum absolute atomic E-state index is 0.0410. The Hall–Kier alpha value is -3.40. The van der Waals surface area contributed by atoms with Crippen LogP contribution in [0.5, 0.6) is 0 Å². The van der Waals surface area contributed by atoms with Crippen LogP contribution in [-0.4, -0.2) is 27.8 Å². The van der Waals surface area contributed by atoms with Crippen LogP contribution in [0.1, 0.15) is 64.2 Å². The third-order valence-electron chi connectivity index (χ3n) is 5.83. The van der Waals surface area contributed by atoms with Gasteiger partial charge >= 0.3 is 6.18 Å². The van der Waals surface area contributed by atoms with Crippen molar-refractivity contribution in [3.8, 4) is 0 Å². The normalized spacial score (nSPS) is 14.9. The van der Waals surface area contributed by atoms with Gasteiger partial charge in [-0.25, -0.2) is 15.8 Å². The van der Waals surface area contributed by atoms with Crippen LogP contribution in [0.25, 0.3) is 11.0 Å². The van der Waals surface area contributed by atoms with Crippen molar-refractivity contribution in [2.45, 2.75) is 51.2 Å².